The highest BCUT2D eigenvalue weighted by Crippen LogP contribution is 2.25. The van der Waals surface area contributed by atoms with Gasteiger partial charge in [-0.2, -0.15) is 4.73 Å². The van der Waals surface area contributed by atoms with E-state index in [-0.39, 0.29) is 12.4 Å². The molecule has 0 fully saturated rings. The van der Waals surface area contributed by atoms with Gasteiger partial charge in [0.2, 0.25) is 0 Å². The van der Waals surface area contributed by atoms with Crippen LogP contribution in [-0.2, 0) is 4.74 Å². The van der Waals surface area contributed by atoms with Crippen LogP contribution in [0.3, 0.4) is 0 Å². The predicted molar refractivity (Wildman–Crippen MR) is 70.6 cm³/mol. The molecule has 0 saturated heterocycles. The van der Waals surface area contributed by atoms with Crippen LogP contribution < -0.4 is 0 Å². The Morgan fingerprint density at radius 1 is 1.42 bits per heavy atom. The van der Waals surface area contributed by atoms with Crippen LogP contribution in [-0.4, -0.2) is 27.5 Å². The number of ether oxygens (including phenoxy) is 1. The molecule has 100 valence electrons. The van der Waals surface area contributed by atoms with Gasteiger partial charge in [-0.1, -0.05) is 23.7 Å². The fourth-order valence-corrected chi connectivity index (χ4v) is 1.91. The van der Waals surface area contributed by atoms with E-state index in [2.05, 4.69) is 4.98 Å². The van der Waals surface area contributed by atoms with Gasteiger partial charge in [0.05, 0.1) is 12.3 Å². The van der Waals surface area contributed by atoms with Gasteiger partial charge in [0.25, 0.3) is 5.82 Å². The minimum absolute atomic E-state index is 0.135. The van der Waals surface area contributed by atoms with Gasteiger partial charge in [-0.15, -0.1) is 0 Å². The summed E-state index contributed by atoms with van der Waals surface area (Å²) in [6, 6.07) is 6.89. The monoisotopic (exact) mass is 280 g/mol. The standard InChI is InChI=1S/C13H13ClN2O3/c1-3-19-13(17)12-15-8(2)11(16(12)18)9-4-6-10(14)7-5-9/h4-7,18H,3H2,1-2H3. The van der Waals surface area contributed by atoms with Crippen molar-refractivity contribution < 1.29 is 14.7 Å². The molecule has 19 heavy (non-hydrogen) atoms. The summed E-state index contributed by atoms with van der Waals surface area (Å²) in [5.41, 5.74) is 1.69. The molecule has 0 saturated carbocycles. The van der Waals surface area contributed by atoms with Crippen LogP contribution >= 0.6 is 11.6 Å². The normalized spacial score (nSPS) is 10.5. The molecule has 0 amide bonds. The van der Waals surface area contributed by atoms with Crippen LogP contribution in [0.1, 0.15) is 23.2 Å². The Kier molecular flexibility index (Phi) is 3.76. The van der Waals surface area contributed by atoms with Gasteiger partial charge in [0.15, 0.2) is 0 Å². The number of hydrogen-bond acceptors (Lipinski definition) is 4. The first-order valence-corrected chi connectivity index (χ1v) is 6.14. The molecule has 0 atom stereocenters. The van der Waals surface area contributed by atoms with Crippen LogP contribution in [0.15, 0.2) is 24.3 Å². The Bertz CT molecular complexity index is 605. The molecule has 1 aromatic heterocycles. The highest BCUT2D eigenvalue weighted by atomic mass is 35.5. The van der Waals surface area contributed by atoms with Crippen LogP contribution in [0, 0.1) is 6.92 Å². The first kappa shape index (κ1) is 13.4. The SMILES string of the molecule is CCOC(=O)c1nc(C)c(-c2ccc(Cl)cc2)n1O. The summed E-state index contributed by atoms with van der Waals surface area (Å²) in [6.07, 6.45) is 0. The van der Waals surface area contributed by atoms with E-state index in [1.54, 1.807) is 38.1 Å². The van der Waals surface area contributed by atoms with Gasteiger partial charge in [-0.05, 0) is 26.0 Å². The number of nitrogens with zero attached hydrogens (tertiary/aromatic N) is 2. The van der Waals surface area contributed by atoms with Crippen LogP contribution in [0.2, 0.25) is 5.02 Å². The quantitative estimate of drug-likeness (QED) is 0.693. The van der Waals surface area contributed by atoms with E-state index in [0.717, 1.165) is 4.73 Å². The first-order chi connectivity index (χ1) is 9.04. The van der Waals surface area contributed by atoms with Crippen molar-refractivity contribution in [3.8, 4) is 11.3 Å². The Morgan fingerprint density at radius 3 is 2.63 bits per heavy atom. The zero-order valence-electron chi connectivity index (χ0n) is 10.6. The Hall–Kier alpha value is -2.01. The highest BCUT2D eigenvalue weighted by Gasteiger charge is 2.21. The second-order valence-electron chi connectivity index (χ2n) is 3.91. The van der Waals surface area contributed by atoms with Crippen molar-refractivity contribution in [3.05, 3.63) is 40.8 Å². The zero-order chi connectivity index (χ0) is 14.0. The number of rotatable bonds is 3. The molecule has 2 rings (SSSR count). The van der Waals surface area contributed by atoms with E-state index in [0.29, 0.717) is 22.0 Å². The molecule has 2 aromatic rings. The molecule has 5 nitrogen and oxygen atoms in total. The lowest BCUT2D eigenvalue weighted by atomic mass is 10.1. The Morgan fingerprint density at radius 2 is 2.05 bits per heavy atom. The molecule has 0 aliphatic carbocycles. The summed E-state index contributed by atoms with van der Waals surface area (Å²) in [6.45, 7) is 3.62. The van der Waals surface area contributed by atoms with Gasteiger partial charge in [-0.3, -0.25) is 0 Å². The van der Waals surface area contributed by atoms with Crippen molar-refractivity contribution in [3.63, 3.8) is 0 Å². The highest BCUT2D eigenvalue weighted by molar-refractivity contribution is 6.30. The van der Waals surface area contributed by atoms with Gasteiger partial charge < -0.3 is 9.94 Å². The van der Waals surface area contributed by atoms with E-state index in [9.17, 15) is 10.0 Å². The predicted octanol–water partition coefficient (Wildman–Crippen LogP) is 2.93. The van der Waals surface area contributed by atoms with Crippen molar-refractivity contribution in [2.45, 2.75) is 13.8 Å². The molecule has 0 aliphatic rings. The Labute approximate surface area is 115 Å². The van der Waals surface area contributed by atoms with E-state index < -0.39 is 5.97 Å². The molecule has 1 N–H and O–H groups in total. The zero-order valence-corrected chi connectivity index (χ0v) is 11.3. The maximum absolute atomic E-state index is 11.6. The molecule has 1 aromatic carbocycles. The molecule has 6 heteroatoms. The number of aryl methyl sites for hydroxylation is 1. The lowest BCUT2D eigenvalue weighted by Crippen LogP contribution is -2.12. The third-order valence-corrected chi connectivity index (χ3v) is 2.86. The van der Waals surface area contributed by atoms with Crippen molar-refractivity contribution >= 4 is 17.6 Å². The summed E-state index contributed by atoms with van der Waals surface area (Å²) >= 11 is 5.82. The number of hydrogen-bond donors (Lipinski definition) is 1. The largest absolute Gasteiger partial charge is 0.460 e. The van der Waals surface area contributed by atoms with E-state index in [1.165, 1.54) is 0 Å². The summed E-state index contributed by atoms with van der Waals surface area (Å²) in [5.74, 6) is -0.794. The molecular formula is C13H13ClN2O3. The molecule has 0 spiro atoms. The minimum Gasteiger partial charge on any atom is -0.460 e. The van der Waals surface area contributed by atoms with Crippen molar-refractivity contribution in [2.75, 3.05) is 6.61 Å². The fourth-order valence-electron chi connectivity index (χ4n) is 1.79. The molecule has 0 aliphatic heterocycles. The van der Waals surface area contributed by atoms with Crippen molar-refractivity contribution in [1.82, 2.24) is 9.71 Å². The minimum atomic E-state index is -0.659. The number of esters is 1. The summed E-state index contributed by atoms with van der Waals surface area (Å²) in [5, 5.41) is 10.6. The molecule has 0 radical (unpaired) electrons. The van der Waals surface area contributed by atoms with Crippen LogP contribution in [0.5, 0.6) is 0 Å². The number of aromatic nitrogens is 2. The second-order valence-corrected chi connectivity index (χ2v) is 4.35. The third kappa shape index (κ3) is 2.56. The van der Waals surface area contributed by atoms with Crippen LogP contribution in [0.25, 0.3) is 11.3 Å². The number of carbonyl (C=O) groups excluding carboxylic acids is 1. The summed E-state index contributed by atoms with van der Waals surface area (Å²) < 4.78 is 5.58. The maximum Gasteiger partial charge on any atom is 0.377 e. The number of halogens is 1. The number of carbonyl (C=O) groups is 1. The molecule has 0 unspecified atom stereocenters. The van der Waals surface area contributed by atoms with E-state index in [4.69, 9.17) is 16.3 Å². The topological polar surface area (TPSA) is 64.3 Å². The lowest BCUT2D eigenvalue weighted by molar-refractivity contribution is 0.0467. The van der Waals surface area contributed by atoms with Gasteiger partial charge in [0.1, 0.15) is 5.69 Å². The van der Waals surface area contributed by atoms with Gasteiger partial charge in [-0.25, -0.2) is 9.78 Å². The van der Waals surface area contributed by atoms with E-state index >= 15 is 0 Å². The Balaban J connectivity index is 2.47. The smallest absolute Gasteiger partial charge is 0.377 e. The molecular weight excluding hydrogens is 268 g/mol. The maximum atomic E-state index is 11.6. The van der Waals surface area contributed by atoms with Gasteiger partial charge in [0, 0.05) is 10.6 Å². The molecule has 0 bridgehead atoms. The average molecular weight is 281 g/mol. The van der Waals surface area contributed by atoms with E-state index in [1.807, 2.05) is 0 Å². The first-order valence-electron chi connectivity index (χ1n) is 5.76. The summed E-state index contributed by atoms with van der Waals surface area (Å²) in [4.78, 5) is 15.7. The third-order valence-electron chi connectivity index (χ3n) is 2.60. The van der Waals surface area contributed by atoms with Gasteiger partial charge >= 0.3 is 5.97 Å². The van der Waals surface area contributed by atoms with Crippen molar-refractivity contribution in [2.24, 2.45) is 0 Å². The average Bonchev–Trinajstić information content (AvgIpc) is 2.67. The molecule has 1 heterocycles. The second kappa shape index (κ2) is 5.32. The number of benzene rings is 1. The lowest BCUT2D eigenvalue weighted by Gasteiger charge is -2.04. The van der Waals surface area contributed by atoms with Crippen LogP contribution in [0.4, 0.5) is 0 Å². The van der Waals surface area contributed by atoms with Crippen molar-refractivity contribution in [1.29, 1.82) is 0 Å². The summed E-state index contributed by atoms with van der Waals surface area (Å²) in [7, 11) is 0. The number of imidazole rings is 1. The fraction of sp³-hybridized carbons (Fsp3) is 0.231.